The Morgan fingerprint density at radius 2 is 2.00 bits per heavy atom. The van der Waals surface area contributed by atoms with E-state index in [1.54, 1.807) is 7.11 Å². The average molecular weight is 374 g/mol. The number of ketones is 1. The normalized spacial score (nSPS) is 15.9. The maximum atomic E-state index is 12.8. The van der Waals surface area contributed by atoms with Gasteiger partial charge in [-0.2, -0.15) is 5.10 Å². The van der Waals surface area contributed by atoms with Gasteiger partial charge in [-0.25, -0.2) is 0 Å². The Hall–Kier alpha value is -3.54. The number of benzene rings is 2. The van der Waals surface area contributed by atoms with Gasteiger partial charge in [0.15, 0.2) is 17.3 Å². The molecule has 2 aromatic carbocycles. The Morgan fingerprint density at radius 3 is 2.86 bits per heavy atom. The Morgan fingerprint density at radius 1 is 1.14 bits per heavy atom. The second kappa shape index (κ2) is 6.27. The van der Waals surface area contributed by atoms with Gasteiger partial charge in [-0.3, -0.25) is 9.89 Å². The van der Waals surface area contributed by atoms with Crippen LogP contribution < -0.4 is 14.2 Å². The standard InChI is InChI=1S/C22H18N2O4/c1-12-5-17-14(9-20(12)26-2)6-15(22(17)25)7-16-10-18(24-23-16)13-3-4-19-21(8-13)28-11-27-19/h3-5,7-10H,6,11H2,1-2H3,(H,23,24)/b15-7+. The summed E-state index contributed by atoms with van der Waals surface area (Å²) in [6.45, 7) is 2.18. The smallest absolute Gasteiger partial charge is 0.231 e. The number of rotatable bonds is 3. The minimum Gasteiger partial charge on any atom is -0.496 e. The number of methoxy groups -OCH3 is 1. The number of hydrogen-bond acceptors (Lipinski definition) is 5. The summed E-state index contributed by atoms with van der Waals surface area (Å²) in [6.07, 6.45) is 2.46. The van der Waals surface area contributed by atoms with Gasteiger partial charge < -0.3 is 14.2 Å². The number of fused-ring (bicyclic) bond motifs is 2. The Balaban J connectivity index is 1.44. The van der Waals surface area contributed by atoms with E-state index in [0.717, 1.165) is 50.7 Å². The molecule has 2 heterocycles. The predicted molar refractivity (Wildman–Crippen MR) is 104 cm³/mol. The van der Waals surface area contributed by atoms with Crippen molar-refractivity contribution >= 4 is 11.9 Å². The lowest BCUT2D eigenvalue weighted by Crippen LogP contribution is -1.97. The lowest BCUT2D eigenvalue weighted by molar-refractivity contribution is 0.104. The van der Waals surface area contributed by atoms with Crippen LogP contribution in [-0.4, -0.2) is 29.9 Å². The molecule has 0 saturated carbocycles. The van der Waals surface area contributed by atoms with Gasteiger partial charge in [-0.1, -0.05) is 0 Å². The minimum atomic E-state index is 0.0555. The van der Waals surface area contributed by atoms with Gasteiger partial charge in [0.05, 0.1) is 18.5 Å². The topological polar surface area (TPSA) is 73.4 Å². The number of carbonyl (C=O) groups is 1. The quantitative estimate of drug-likeness (QED) is 0.703. The average Bonchev–Trinajstić information content (AvgIpc) is 3.41. The molecule has 0 spiro atoms. The number of aromatic nitrogens is 2. The zero-order chi connectivity index (χ0) is 19.3. The third kappa shape index (κ3) is 2.65. The number of nitrogens with zero attached hydrogens (tertiary/aromatic N) is 1. The first-order chi connectivity index (χ1) is 13.6. The lowest BCUT2D eigenvalue weighted by Gasteiger charge is -2.06. The van der Waals surface area contributed by atoms with Gasteiger partial charge in [0.25, 0.3) is 0 Å². The Kier molecular flexibility index (Phi) is 3.72. The second-order valence-electron chi connectivity index (χ2n) is 6.93. The maximum absolute atomic E-state index is 12.8. The van der Waals surface area contributed by atoms with Crippen LogP contribution in [-0.2, 0) is 6.42 Å². The molecule has 1 aliphatic carbocycles. The number of Topliss-reactive ketones (excluding diaryl/α,β-unsaturated/α-hetero) is 1. The molecule has 0 bridgehead atoms. The number of hydrogen-bond donors (Lipinski definition) is 1. The van der Waals surface area contributed by atoms with Crippen molar-refractivity contribution in [2.75, 3.05) is 13.9 Å². The van der Waals surface area contributed by atoms with E-state index in [1.165, 1.54) is 0 Å². The van der Waals surface area contributed by atoms with Gasteiger partial charge in [0.1, 0.15) is 5.75 Å². The summed E-state index contributed by atoms with van der Waals surface area (Å²) in [5, 5.41) is 7.38. The zero-order valence-corrected chi connectivity index (χ0v) is 15.5. The van der Waals surface area contributed by atoms with Crippen LogP contribution in [0.2, 0.25) is 0 Å². The number of aromatic amines is 1. The number of nitrogens with one attached hydrogen (secondary N) is 1. The van der Waals surface area contributed by atoms with Crippen LogP contribution in [0, 0.1) is 6.92 Å². The highest BCUT2D eigenvalue weighted by atomic mass is 16.7. The van der Waals surface area contributed by atoms with Crippen LogP contribution in [0.4, 0.5) is 0 Å². The maximum Gasteiger partial charge on any atom is 0.231 e. The monoisotopic (exact) mass is 374 g/mol. The summed E-state index contributed by atoms with van der Waals surface area (Å²) in [4.78, 5) is 12.8. The minimum absolute atomic E-state index is 0.0555. The van der Waals surface area contributed by atoms with Crippen molar-refractivity contribution in [1.82, 2.24) is 10.2 Å². The lowest BCUT2D eigenvalue weighted by atomic mass is 10.1. The van der Waals surface area contributed by atoms with Gasteiger partial charge >= 0.3 is 0 Å². The highest BCUT2D eigenvalue weighted by molar-refractivity contribution is 6.15. The van der Waals surface area contributed by atoms with Crippen LogP contribution in [0.5, 0.6) is 17.2 Å². The number of ether oxygens (including phenoxy) is 3. The molecule has 1 aromatic heterocycles. The van der Waals surface area contributed by atoms with Crippen molar-refractivity contribution in [1.29, 1.82) is 0 Å². The summed E-state index contributed by atoms with van der Waals surface area (Å²) in [7, 11) is 1.64. The van der Waals surface area contributed by atoms with Crippen molar-refractivity contribution < 1.29 is 19.0 Å². The Labute approximate surface area is 161 Å². The van der Waals surface area contributed by atoms with Crippen molar-refractivity contribution in [3.05, 3.63) is 64.4 Å². The van der Waals surface area contributed by atoms with Crippen molar-refractivity contribution in [2.24, 2.45) is 0 Å². The summed E-state index contributed by atoms with van der Waals surface area (Å²) >= 11 is 0. The molecule has 0 fully saturated rings. The van der Waals surface area contributed by atoms with Crippen LogP contribution in [0.15, 0.2) is 42.0 Å². The SMILES string of the molecule is COc1cc2c(cc1C)C(=O)/C(=C/c1cc(-c3ccc4c(c3)OCO4)n[nH]1)C2. The fourth-order valence-electron chi connectivity index (χ4n) is 3.68. The van der Waals surface area contributed by atoms with Gasteiger partial charge in [-0.05, 0) is 60.5 Å². The van der Waals surface area contributed by atoms with E-state index >= 15 is 0 Å². The highest BCUT2D eigenvalue weighted by Gasteiger charge is 2.26. The second-order valence-corrected chi connectivity index (χ2v) is 6.93. The van der Waals surface area contributed by atoms with E-state index in [0.29, 0.717) is 12.2 Å². The van der Waals surface area contributed by atoms with E-state index in [4.69, 9.17) is 14.2 Å². The summed E-state index contributed by atoms with van der Waals surface area (Å²) in [6, 6.07) is 11.5. The third-order valence-electron chi connectivity index (χ3n) is 5.13. The summed E-state index contributed by atoms with van der Waals surface area (Å²) < 4.78 is 16.1. The molecular formula is C22H18N2O4. The molecular weight excluding hydrogens is 356 g/mol. The molecule has 1 N–H and O–H groups in total. The highest BCUT2D eigenvalue weighted by Crippen LogP contribution is 2.36. The molecule has 0 atom stereocenters. The van der Waals surface area contributed by atoms with Crippen LogP contribution in [0.3, 0.4) is 0 Å². The number of carbonyl (C=O) groups excluding carboxylic acids is 1. The first-order valence-electron chi connectivity index (χ1n) is 9.00. The molecule has 2 aliphatic rings. The predicted octanol–water partition coefficient (Wildman–Crippen LogP) is 3.94. The van der Waals surface area contributed by atoms with E-state index in [2.05, 4.69) is 10.2 Å². The van der Waals surface area contributed by atoms with Crippen LogP contribution in [0.25, 0.3) is 17.3 Å². The fraction of sp³-hybridized carbons (Fsp3) is 0.182. The van der Waals surface area contributed by atoms with Crippen LogP contribution in [0.1, 0.15) is 27.2 Å². The molecule has 6 heteroatoms. The number of aryl methyl sites for hydroxylation is 1. The van der Waals surface area contributed by atoms with E-state index in [1.807, 2.05) is 49.4 Å². The molecule has 1 aliphatic heterocycles. The van der Waals surface area contributed by atoms with Gasteiger partial charge in [0.2, 0.25) is 6.79 Å². The van der Waals surface area contributed by atoms with Gasteiger partial charge in [-0.15, -0.1) is 0 Å². The number of H-pyrrole nitrogens is 1. The Bertz CT molecular complexity index is 1140. The molecule has 0 unspecified atom stereocenters. The van der Waals surface area contributed by atoms with E-state index in [-0.39, 0.29) is 12.6 Å². The first-order valence-corrected chi connectivity index (χ1v) is 9.00. The molecule has 0 radical (unpaired) electrons. The molecule has 6 nitrogen and oxygen atoms in total. The number of allylic oxidation sites excluding steroid dienone is 1. The van der Waals surface area contributed by atoms with E-state index in [9.17, 15) is 4.79 Å². The molecule has 3 aromatic rings. The molecule has 140 valence electrons. The van der Waals surface area contributed by atoms with Crippen molar-refractivity contribution in [3.63, 3.8) is 0 Å². The zero-order valence-electron chi connectivity index (χ0n) is 15.5. The molecule has 0 saturated heterocycles. The van der Waals surface area contributed by atoms with Gasteiger partial charge in [0, 0.05) is 23.1 Å². The first kappa shape index (κ1) is 16.6. The van der Waals surface area contributed by atoms with Crippen LogP contribution >= 0.6 is 0 Å². The molecule has 0 amide bonds. The van der Waals surface area contributed by atoms with E-state index < -0.39 is 0 Å². The van der Waals surface area contributed by atoms with Crippen molar-refractivity contribution in [3.8, 4) is 28.5 Å². The largest absolute Gasteiger partial charge is 0.496 e. The fourth-order valence-corrected chi connectivity index (χ4v) is 3.68. The molecule has 5 rings (SSSR count). The van der Waals surface area contributed by atoms with Crippen molar-refractivity contribution in [2.45, 2.75) is 13.3 Å². The molecule has 28 heavy (non-hydrogen) atoms. The summed E-state index contributed by atoms with van der Waals surface area (Å²) in [5.74, 6) is 2.31. The summed E-state index contributed by atoms with van der Waals surface area (Å²) in [5.41, 5.74) is 5.94. The third-order valence-corrected chi connectivity index (χ3v) is 5.13.